The molecule has 4 aliphatic rings. The first-order valence-electron chi connectivity index (χ1n) is 26.9. The fourth-order valence-electron chi connectivity index (χ4n) is 11.3. The van der Waals surface area contributed by atoms with Gasteiger partial charge in [0.2, 0.25) is 17.7 Å². The second-order valence-electron chi connectivity index (χ2n) is 21.9. The Balaban J connectivity index is 0.757. The van der Waals surface area contributed by atoms with E-state index < -0.39 is 59.2 Å². The maximum absolute atomic E-state index is 15.8. The zero-order chi connectivity index (χ0) is 58.0. The van der Waals surface area contributed by atoms with E-state index in [1.54, 1.807) is 38.3 Å². The number of amides is 4. The van der Waals surface area contributed by atoms with E-state index in [-0.39, 0.29) is 87.8 Å². The molecule has 0 fully saturated rings. The standard InChI is InChI=1S/C61H66FN9O10/c1-9-36-42-20-51-57-44(28-71(51)58(76)46(42)30-79-59(36)77)43-19-35(18-41-33(4)47(62)21-50(69-57)56(41)43)49(22-52(63)72)68-32(3)25-67-53(73)26-64-31(2)24-66-54(74)27-65-34(5)48(23-55(75)81-61(6,7)8)70-60(78)80-29-45-39-16-12-10-14-37(39)38-15-11-13-17-40(38)45/h10-12,14-16,20-21,35-36,45,48-49,64-65,68H,2-3,5,9,18-19,22-30H2,1,4,6-8H3,(H2,63,72)(H,66,74)(H,67,73)(H,70,78). The Hall–Kier alpha value is -8.99. The molecule has 9 rings (SSSR count). The van der Waals surface area contributed by atoms with Crippen molar-refractivity contribution in [3.8, 4) is 22.5 Å². The van der Waals surface area contributed by atoms with Crippen LogP contribution in [0.5, 0.6) is 0 Å². The van der Waals surface area contributed by atoms with Gasteiger partial charge in [0.1, 0.15) is 24.6 Å². The highest BCUT2D eigenvalue weighted by Gasteiger charge is 2.39. The number of halogens is 1. The fraction of sp³-hybridized carbons (Fsp3) is 0.377. The number of esters is 2. The predicted molar refractivity (Wildman–Crippen MR) is 299 cm³/mol. The Labute approximate surface area is 468 Å². The number of benzene rings is 2. The Morgan fingerprint density at radius 2 is 1.58 bits per heavy atom. The predicted octanol–water partition coefficient (Wildman–Crippen LogP) is 5.16. The number of hydrogen-bond donors (Lipinski definition) is 7. The second-order valence-corrected chi connectivity index (χ2v) is 21.9. The van der Waals surface area contributed by atoms with Crippen LogP contribution >= 0.6 is 0 Å². The summed E-state index contributed by atoms with van der Waals surface area (Å²) in [6, 6.07) is 19.3. The highest BCUT2D eigenvalue weighted by atomic mass is 19.1. The van der Waals surface area contributed by atoms with Crippen LogP contribution in [-0.2, 0) is 64.2 Å². The molecule has 8 N–H and O–H groups in total. The average molecular weight is 1100 g/mol. The Bertz CT molecular complexity index is 3470. The lowest BCUT2D eigenvalue weighted by Gasteiger charge is -2.34. The number of carbonyl (C=O) groups excluding carboxylic acids is 6. The molecule has 5 aromatic rings. The lowest BCUT2D eigenvalue weighted by atomic mass is 9.75. The van der Waals surface area contributed by atoms with Gasteiger partial charge in [-0.25, -0.2) is 14.2 Å². The van der Waals surface area contributed by atoms with Crippen LogP contribution in [0, 0.1) is 30.8 Å². The van der Waals surface area contributed by atoms with Crippen molar-refractivity contribution in [1.29, 1.82) is 0 Å². The first kappa shape index (κ1) is 56.7. The number of alkyl carbamates (subject to hydrolysis) is 1. The van der Waals surface area contributed by atoms with Crippen molar-refractivity contribution in [3.63, 3.8) is 0 Å². The quantitative estimate of drug-likeness (QED) is 0.0342. The lowest BCUT2D eigenvalue weighted by Crippen LogP contribution is -2.45. The molecule has 3 aromatic carbocycles. The summed E-state index contributed by atoms with van der Waals surface area (Å²) < 4.78 is 34.0. The Morgan fingerprint density at radius 3 is 2.31 bits per heavy atom. The molecule has 2 aliphatic carbocycles. The molecular weight excluding hydrogens is 1040 g/mol. The van der Waals surface area contributed by atoms with Crippen molar-refractivity contribution in [2.45, 2.75) is 109 Å². The molecule has 81 heavy (non-hydrogen) atoms. The zero-order valence-electron chi connectivity index (χ0n) is 46.0. The monoisotopic (exact) mass is 1100 g/mol. The third-order valence-electron chi connectivity index (χ3n) is 15.2. The summed E-state index contributed by atoms with van der Waals surface area (Å²) >= 11 is 0. The van der Waals surface area contributed by atoms with Gasteiger partial charge in [0.25, 0.3) is 5.56 Å². The Kier molecular flexibility index (Phi) is 16.4. The van der Waals surface area contributed by atoms with E-state index in [9.17, 15) is 33.6 Å². The van der Waals surface area contributed by atoms with Gasteiger partial charge in [0.05, 0.1) is 79.5 Å². The number of aromatic nitrogens is 2. The van der Waals surface area contributed by atoms with Crippen LogP contribution in [0.4, 0.5) is 9.18 Å². The molecule has 0 radical (unpaired) electrons. The van der Waals surface area contributed by atoms with E-state index in [0.29, 0.717) is 64.3 Å². The largest absolute Gasteiger partial charge is 0.460 e. The van der Waals surface area contributed by atoms with Crippen LogP contribution in [0.15, 0.2) is 90.2 Å². The van der Waals surface area contributed by atoms with Gasteiger partial charge in [-0.1, -0.05) is 63.1 Å². The summed E-state index contributed by atoms with van der Waals surface area (Å²) in [5, 5.41) is 18.1. The normalized spacial score (nSPS) is 16.1. The van der Waals surface area contributed by atoms with Crippen molar-refractivity contribution in [3.05, 3.63) is 158 Å². The first-order chi connectivity index (χ1) is 38.6. The van der Waals surface area contributed by atoms with E-state index in [1.807, 2.05) is 43.3 Å². The molecule has 20 heteroatoms. The SMILES string of the molecule is C=C(CNC(=O)CNC(=C)C(CC(=O)OC(C)(C)C)NC(=O)OCC1c2c#cccc2-c2ccccc21)NCC(=O)NCC(=C)NC(CC(N)=O)C1Cc2c(C)c(F)cc3nc4c(c(c23)C1)Cn1c-4cc2c(c1=O)COC(=O)C2CC. The highest BCUT2D eigenvalue weighted by molar-refractivity contribution is 5.93. The van der Waals surface area contributed by atoms with Gasteiger partial charge in [-0.05, 0) is 110 Å². The van der Waals surface area contributed by atoms with Crippen molar-refractivity contribution < 1.29 is 47.4 Å². The minimum absolute atomic E-state index is 0.00870. The number of rotatable bonds is 22. The smallest absolute Gasteiger partial charge is 0.407 e. The fourth-order valence-corrected chi connectivity index (χ4v) is 11.3. The maximum Gasteiger partial charge on any atom is 0.407 e. The molecule has 5 unspecified atom stereocenters. The number of nitrogens with two attached hydrogens (primary N) is 1. The summed E-state index contributed by atoms with van der Waals surface area (Å²) in [6.45, 7) is 20.2. The Morgan fingerprint density at radius 1 is 0.864 bits per heavy atom. The molecule has 0 bridgehead atoms. The number of nitrogens with zero attached hydrogens (tertiary/aromatic N) is 2. The van der Waals surface area contributed by atoms with E-state index >= 15 is 4.39 Å². The molecule has 4 amide bonds. The molecule has 0 spiro atoms. The average Bonchev–Trinajstić information content (AvgIpc) is 3.40. The van der Waals surface area contributed by atoms with Crippen molar-refractivity contribution in [1.82, 2.24) is 41.5 Å². The van der Waals surface area contributed by atoms with Gasteiger partial charge >= 0.3 is 18.0 Å². The number of carbonyl (C=O) groups is 6. The lowest BCUT2D eigenvalue weighted by molar-refractivity contribution is -0.155. The molecule has 19 nitrogen and oxygen atoms in total. The third kappa shape index (κ3) is 12.3. The van der Waals surface area contributed by atoms with E-state index in [4.69, 9.17) is 24.9 Å². The second kappa shape index (κ2) is 23.4. The number of cyclic esters (lactones) is 1. The number of primary amides is 1. The summed E-state index contributed by atoms with van der Waals surface area (Å²) in [5.41, 5.74) is 14.9. The molecule has 0 saturated carbocycles. The first-order valence-corrected chi connectivity index (χ1v) is 26.9. The minimum Gasteiger partial charge on any atom is -0.460 e. The molecule has 5 atom stereocenters. The molecule has 2 aromatic heterocycles. The van der Waals surface area contributed by atoms with Gasteiger partial charge < -0.3 is 56.4 Å². The molecule has 2 aliphatic heterocycles. The summed E-state index contributed by atoms with van der Waals surface area (Å²) in [7, 11) is 0. The number of pyridine rings is 2. The van der Waals surface area contributed by atoms with Crippen LogP contribution < -0.4 is 43.2 Å². The molecular formula is C61H66FN9O10. The molecule has 0 saturated heterocycles. The molecule has 422 valence electrons. The number of fused-ring (bicyclic) bond motifs is 8. The molecule has 4 heterocycles. The number of hydrogen-bond acceptors (Lipinski definition) is 14. The van der Waals surface area contributed by atoms with Crippen LogP contribution in [0.3, 0.4) is 0 Å². The van der Waals surface area contributed by atoms with Crippen LogP contribution in [0.2, 0.25) is 0 Å². The highest BCUT2D eigenvalue weighted by Crippen LogP contribution is 2.46. The van der Waals surface area contributed by atoms with Crippen molar-refractivity contribution in [2.24, 2.45) is 11.7 Å². The van der Waals surface area contributed by atoms with Gasteiger partial charge in [-0.2, -0.15) is 0 Å². The van der Waals surface area contributed by atoms with Crippen molar-refractivity contribution >= 4 is 46.7 Å². The minimum atomic E-state index is -1.02. The van der Waals surface area contributed by atoms with Gasteiger partial charge in [-0.15, -0.1) is 0 Å². The van der Waals surface area contributed by atoms with Gasteiger partial charge in [-0.3, -0.25) is 28.8 Å². The van der Waals surface area contributed by atoms with E-state index in [2.05, 4.69) is 63.8 Å². The summed E-state index contributed by atoms with van der Waals surface area (Å²) in [5.74, 6) is -4.14. The van der Waals surface area contributed by atoms with Crippen LogP contribution in [-0.4, -0.2) is 95.8 Å². The number of ether oxygens (including phenoxy) is 3. The number of nitrogens with one attached hydrogen (secondary N) is 6. The van der Waals surface area contributed by atoms with Crippen LogP contribution in [0.25, 0.3) is 33.4 Å². The third-order valence-corrected chi connectivity index (χ3v) is 15.2. The van der Waals surface area contributed by atoms with E-state index in [1.165, 1.54) is 6.07 Å². The van der Waals surface area contributed by atoms with E-state index in [0.717, 1.165) is 44.3 Å². The summed E-state index contributed by atoms with van der Waals surface area (Å²) in [6.07, 6.45) is 0.0253. The zero-order valence-corrected chi connectivity index (χ0v) is 46.0. The van der Waals surface area contributed by atoms with Gasteiger partial charge in [0, 0.05) is 52.1 Å². The summed E-state index contributed by atoms with van der Waals surface area (Å²) in [4.78, 5) is 96.7. The topological polar surface area (TPSA) is 263 Å². The van der Waals surface area contributed by atoms with Crippen molar-refractivity contribution in [2.75, 3.05) is 32.8 Å². The van der Waals surface area contributed by atoms with Gasteiger partial charge in [0.15, 0.2) is 0 Å². The van der Waals surface area contributed by atoms with Crippen LogP contribution in [0.1, 0.15) is 103 Å². The maximum atomic E-state index is 15.8.